The van der Waals surface area contributed by atoms with Crippen LogP contribution in [-0.2, 0) is 19.1 Å². The minimum Gasteiger partial charge on any atom is -0.467 e. The molecular weight excluding hydrogens is 212 g/mol. The highest BCUT2D eigenvalue weighted by molar-refractivity contribution is 5.81. The number of ether oxygens (including phenoxy) is 2. The fraction of sp³-hybridized carbons (Fsp3) is 0.750. The molecule has 0 spiro atoms. The van der Waals surface area contributed by atoms with Gasteiger partial charge in [-0.25, -0.2) is 4.79 Å². The fourth-order valence-corrected chi connectivity index (χ4v) is 1.26. The number of methoxy groups -OCH3 is 1. The second kappa shape index (κ2) is 5.01. The number of morpholine rings is 1. The average Bonchev–Trinajstić information content (AvgIpc) is 2.27. The van der Waals surface area contributed by atoms with Crippen molar-refractivity contribution in [2.75, 3.05) is 26.8 Å². The molecule has 0 radical (unpaired) electrons. The molecule has 1 heterocycles. The monoisotopic (exact) mass is 223 g/mol. The smallest absolute Gasteiger partial charge is 0.336 e. The van der Waals surface area contributed by atoms with E-state index < -0.39 is 24.4 Å². The van der Waals surface area contributed by atoms with Crippen molar-refractivity contribution in [3.63, 3.8) is 0 Å². The lowest BCUT2D eigenvalue weighted by Gasteiger charge is -2.31. The summed E-state index contributed by atoms with van der Waals surface area (Å²) >= 11 is 0. The molecule has 0 saturated carbocycles. The zero-order chi connectivity index (χ0) is 11.4. The van der Waals surface area contributed by atoms with E-state index in [1.807, 2.05) is 0 Å². The van der Waals surface area contributed by atoms with Gasteiger partial charge < -0.3 is 14.4 Å². The number of nitrogens with zero attached hydrogens (tertiary/aromatic N) is 1. The number of halogens is 2. The zero-order valence-electron chi connectivity index (χ0n) is 8.11. The first kappa shape index (κ1) is 11.8. The third-order valence-electron chi connectivity index (χ3n) is 2.03. The lowest BCUT2D eigenvalue weighted by Crippen LogP contribution is -2.50. The third-order valence-corrected chi connectivity index (χ3v) is 2.03. The Kier molecular flexibility index (Phi) is 3.96. The average molecular weight is 223 g/mol. The van der Waals surface area contributed by atoms with Crippen LogP contribution in [0.15, 0.2) is 0 Å². The maximum absolute atomic E-state index is 12.1. The number of carbonyl (C=O) groups excluding carboxylic acids is 2. The van der Waals surface area contributed by atoms with Gasteiger partial charge in [0.25, 0.3) is 5.91 Å². The van der Waals surface area contributed by atoms with Gasteiger partial charge in [-0.2, -0.15) is 8.78 Å². The zero-order valence-corrected chi connectivity index (χ0v) is 8.11. The summed E-state index contributed by atoms with van der Waals surface area (Å²) in [6.45, 7) is -0.0647. The molecule has 1 fully saturated rings. The molecule has 86 valence electrons. The summed E-state index contributed by atoms with van der Waals surface area (Å²) in [4.78, 5) is 22.9. The molecule has 0 bridgehead atoms. The molecule has 0 aromatic carbocycles. The van der Waals surface area contributed by atoms with Gasteiger partial charge in [0.15, 0.2) is 6.10 Å². The van der Waals surface area contributed by atoms with Crippen LogP contribution in [0.1, 0.15) is 0 Å². The van der Waals surface area contributed by atoms with Crippen LogP contribution in [0.3, 0.4) is 0 Å². The van der Waals surface area contributed by atoms with Crippen molar-refractivity contribution < 1.29 is 27.8 Å². The van der Waals surface area contributed by atoms with Crippen LogP contribution >= 0.6 is 0 Å². The van der Waals surface area contributed by atoms with Crippen LogP contribution in [0.2, 0.25) is 0 Å². The van der Waals surface area contributed by atoms with Crippen LogP contribution in [0.5, 0.6) is 0 Å². The number of hydrogen-bond donors (Lipinski definition) is 0. The van der Waals surface area contributed by atoms with Crippen LogP contribution < -0.4 is 0 Å². The van der Waals surface area contributed by atoms with Crippen molar-refractivity contribution in [2.45, 2.75) is 12.5 Å². The van der Waals surface area contributed by atoms with E-state index in [2.05, 4.69) is 4.74 Å². The first-order valence-corrected chi connectivity index (χ1v) is 4.32. The highest BCUT2D eigenvalue weighted by atomic mass is 19.3. The Morgan fingerprint density at radius 3 is 2.73 bits per heavy atom. The fourth-order valence-electron chi connectivity index (χ4n) is 1.26. The van der Waals surface area contributed by atoms with Gasteiger partial charge in [-0.1, -0.05) is 0 Å². The van der Waals surface area contributed by atoms with E-state index in [1.165, 1.54) is 7.11 Å². The summed E-state index contributed by atoms with van der Waals surface area (Å²) in [6.07, 6.45) is -4.02. The molecule has 5 nitrogen and oxygen atoms in total. The van der Waals surface area contributed by atoms with E-state index in [4.69, 9.17) is 4.74 Å². The van der Waals surface area contributed by atoms with E-state index in [-0.39, 0.29) is 19.7 Å². The second-order valence-corrected chi connectivity index (χ2v) is 2.97. The van der Waals surface area contributed by atoms with Gasteiger partial charge in [-0.3, -0.25) is 4.79 Å². The van der Waals surface area contributed by atoms with Gasteiger partial charge in [-0.15, -0.1) is 0 Å². The normalized spacial score (nSPS) is 21.6. The number of esters is 1. The Balaban J connectivity index is 2.56. The number of amides is 1. The maximum atomic E-state index is 12.1. The van der Waals surface area contributed by atoms with Crippen molar-refractivity contribution in [1.29, 1.82) is 0 Å². The van der Waals surface area contributed by atoms with Gasteiger partial charge in [0.05, 0.1) is 20.3 Å². The molecule has 15 heavy (non-hydrogen) atoms. The van der Waals surface area contributed by atoms with Gasteiger partial charge >= 0.3 is 12.4 Å². The number of hydrogen-bond acceptors (Lipinski definition) is 4. The molecule has 1 aliphatic heterocycles. The SMILES string of the molecule is COC(=O)C1CN(C(=O)C(F)F)CCO1. The molecule has 1 aliphatic rings. The summed E-state index contributed by atoms with van der Waals surface area (Å²) in [7, 11) is 1.17. The van der Waals surface area contributed by atoms with E-state index in [0.29, 0.717) is 0 Å². The Morgan fingerprint density at radius 1 is 1.53 bits per heavy atom. The lowest BCUT2D eigenvalue weighted by molar-refractivity contribution is -0.165. The molecule has 1 atom stereocenters. The molecule has 1 unspecified atom stereocenters. The molecule has 0 N–H and O–H groups in total. The largest absolute Gasteiger partial charge is 0.467 e. The Morgan fingerprint density at radius 2 is 2.20 bits per heavy atom. The summed E-state index contributed by atoms with van der Waals surface area (Å²) in [6, 6.07) is 0. The van der Waals surface area contributed by atoms with Crippen molar-refractivity contribution in [2.24, 2.45) is 0 Å². The Bertz CT molecular complexity index is 259. The standard InChI is InChI=1S/C8H11F2NO4/c1-14-8(13)5-4-11(2-3-15-5)7(12)6(9)10/h5-6H,2-4H2,1H3. The number of rotatable bonds is 2. The van der Waals surface area contributed by atoms with Crippen molar-refractivity contribution in [3.05, 3.63) is 0 Å². The second-order valence-electron chi connectivity index (χ2n) is 2.97. The summed E-state index contributed by atoms with van der Waals surface area (Å²) in [5.74, 6) is -1.95. The van der Waals surface area contributed by atoms with E-state index in [1.54, 1.807) is 0 Å². The highest BCUT2D eigenvalue weighted by Crippen LogP contribution is 2.09. The predicted molar refractivity (Wildman–Crippen MR) is 44.3 cm³/mol. The van der Waals surface area contributed by atoms with Crippen molar-refractivity contribution in [1.82, 2.24) is 4.90 Å². The van der Waals surface area contributed by atoms with Gasteiger partial charge in [0, 0.05) is 6.54 Å². The third kappa shape index (κ3) is 2.85. The van der Waals surface area contributed by atoms with Crippen molar-refractivity contribution in [3.8, 4) is 0 Å². The molecule has 1 amide bonds. The number of carbonyl (C=O) groups is 2. The van der Waals surface area contributed by atoms with Gasteiger partial charge in [0.1, 0.15) is 0 Å². The molecule has 1 saturated heterocycles. The minimum absolute atomic E-state index is 0.0538. The quantitative estimate of drug-likeness (QED) is 0.600. The summed E-state index contributed by atoms with van der Waals surface area (Å²) in [5.41, 5.74) is 0. The number of alkyl halides is 2. The van der Waals surface area contributed by atoms with Crippen molar-refractivity contribution >= 4 is 11.9 Å². The van der Waals surface area contributed by atoms with Crippen LogP contribution in [0, 0.1) is 0 Å². The van der Waals surface area contributed by atoms with E-state index in [9.17, 15) is 18.4 Å². The highest BCUT2D eigenvalue weighted by Gasteiger charge is 2.32. The lowest BCUT2D eigenvalue weighted by atomic mass is 10.2. The van der Waals surface area contributed by atoms with Gasteiger partial charge in [0.2, 0.25) is 0 Å². The Labute approximate surface area is 84.9 Å². The molecule has 1 rings (SSSR count). The maximum Gasteiger partial charge on any atom is 0.336 e. The Hall–Kier alpha value is -1.24. The summed E-state index contributed by atoms with van der Waals surface area (Å²) < 4.78 is 33.5. The van der Waals surface area contributed by atoms with E-state index in [0.717, 1.165) is 4.90 Å². The predicted octanol–water partition coefficient (Wildman–Crippen LogP) is -0.348. The van der Waals surface area contributed by atoms with Crippen LogP contribution in [0.4, 0.5) is 8.78 Å². The molecule has 7 heteroatoms. The first-order valence-electron chi connectivity index (χ1n) is 4.32. The molecule has 0 aromatic rings. The molecular formula is C8H11F2NO4. The van der Waals surface area contributed by atoms with Gasteiger partial charge in [-0.05, 0) is 0 Å². The molecule has 0 aliphatic carbocycles. The van der Waals surface area contributed by atoms with E-state index >= 15 is 0 Å². The first-order chi connectivity index (χ1) is 7.06. The van der Waals surface area contributed by atoms with Crippen LogP contribution in [-0.4, -0.2) is 56.1 Å². The van der Waals surface area contributed by atoms with Crippen LogP contribution in [0.25, 0.3) is 0 Å². The minimum atomic E-state index is -3.05. The summed E-state index contributed by atoms with van der Waals surface area (Å²) in [5, 5.41) is 0. The molecule has 0 aromatic heterocycles. The topological polar surface area (TPSA) is 55.8 Å².